The molecule has 3 aromatic carbocycles. The molecule has 0 fully saturated rings. The number of halogens is 2. The third-order valence-corrected chi connectivity index (χ3v) is 7.21. The molecular weight excluding hydrogens is 448 g/mol. The highest BCUT2D eigenvalue weighted by atomic mass is 32.2. The van der Waals surface area contributed by atoms with Crippen molar-refractivity contribution in [2.24, 2.45) is 0 Å². The van der Waals surface area contributed by atoms with Gasteiger partial charge in [0, 0.05) is 24.3 Å². The Morgan fingerprint density at radius 3 is 2.36 bits per heavy atom. The number of hydrogen-bond acceptors (Lipinski definition) is 4. The topological polar surface area (TPSA) is 87.3 Å². The lowest BCUT2D eigenvalue weighted by atomic mass is 10.1. The van der Waals surface area contributed by atoms with Gasteiger partial charge in [-0.05, 0) is 60.0 Å². The lowest BCUT2D eigenvalue weighted by Crippen LogP contribution is -2.32. The van der Waals surface area contributed by atoms with Crippen molar-refractivity contribution in [3.63, 3.8) is 0 Å². The number of fused-ring (bicyclic) bond motifs is 1. The van der Waals surface area contributed by atoms with Crippen LogP contribution in [-0.2, 0) is 28.7 Å². The Bertz CT molecular complexity index is 1270. The average Bonchev–Trinajstić information content (AvgIpc) is 3.21. The second-order valence-corrected chi connectivity index (χ2v) is 9.94. The molecule has 1 atom stereocenters. The van der Waals surface area contributed by atoms with Crippen LogP contribution in [0, 0.1) is 11.6 Å². The van der Waals surface area contributed by atoms with Crippen LogP contribution in [0.15, 0.2) is 65.6 Å². The van der Waals surface area contributed by atoms with Crippen LogP contribution in [0.4, 0.5) is 19.3 Å². The number of nitrogens with one attached hydrogen (secondary N) is 3. The smallest absolute Gasteiger partial charge is 0.319 e. The maximum atomic E-state index is 13.9. The predicted molar refractivity (Wildman–Crippen MR) is 121 cm³/mol. The molecule has 4 rings (SSSR count). The van der Waals surface area contributed by atoms with Crippen molar-refractivity contribution in [2.75, 3.05) is 5.32 Å². The van der Waals surface area contributed by atoms with E-state index < -0.39 is 33.5 Å². The largest absolute Gasteiger partial charge is 0.331 e. The van der Waals surface area contributed by atoms with Crippen molar-refractivity contribution >= 4 is 21.6 Å². The average molecular weight is 472 g/mol. The monoisotopic (exact) mass is 471 g/mol. The van der Waals surface area contributed by atoms with E-state index in [1.807, 2.05) is 18.2 Å². The lowest BCUT2D eigenvalue weighted by molar-refractivity contribution is 0.249. The van der Waals surface area contributed by atoms with Crippen LogP contribution < -0.4 is 16.0 Å². The number of carbonyl (C=O) groups excluding carboxylic acids is 1. The van der Waals surface area contributed by atoms with Gasteiger partial charge in [-0.3, -0.25) is 0 Å². The number of hydrogen-bond donors (Lipinski definition) is 3. The first-order valence-electron chi connectivity index (χ1n) is 10.4. The first-order valence-corrected chi connectivity index (χ1v) is 12.0. The summed E-state index contributed by atoms with van der Waals surface area (Å²) in [6.07, 6.45) is 0. The molecule has 0 aliphatic carbocycles. The van der Waals surface area contributed by atoms with Gasteiger partial charge in [-0.25, -0.2) is 22.0 Å². The van der Waals surface area contributed by atoms with E-state index >= 15 is 0 Å². The van der Waals surface area contributed by atoms with E-state index in [1.165, 1.54) is 42.8 Å². The number of amides is 2. The van der Waals surface area contributed by atoms with E-state index in [4.69, 9.17) is 0 Å². The molecule has 172 valence electrons. The van der Waals surface area contributed by atoms with Gasteiger partial charge in [0.05, 0.1) is 16.7 Å². The molecule has 3 N–H and O–H groups in total. The van der Waals surface area contributed by atoms with Crippen LogP contribution in [0.1, 0.15) is 35.2 Å². The van der Waals surface area contributed by atoms with Crippen LogP contribution in [0.5, 0.6) is 0 Å². The van der Waals surface area contributed by atoms with Crippen LogP contribution in [-0.4, -0.2) is 14.4 Å². The Morgan fingerprint density at radius 2 is 1.67 bits per heavy atom. The zero-order valence-electron chi connectivity index (χ0n) is 17.9. The van der Waals surface area contributed by atoms with Crippen LogP contribution in [0.25, 0.3) is 0 Å². The molecule has 0 radical (unpaired) electrons. The fourth-order valence-corrected chi connectivity index (χ4v) is 5.18. The highest BCUT2D eigenvalue weighted by Crippen LogP contribution is 2.23. The highest BCUT2D eigenvalue weighted by molar-refractivity contribution is 7.90. The van der Waals surface area contributed by atoms with Gasteiger partial charge < -0.3 is 16.0 Å². The number of sulfone groups is 1. The molecule has 1 unspecified atom stereocenters. The van der Waals surface area contributed by atoms with Crippen molar-refractivity contribution in [1.29, 1.82) is 0 Å². The molecular formula is C24H23F2N3O3S. The van der Waals surface area contributed by atoms with Crippen molar-refractivity contribution in [3.8, 4) is 0 Å². The summed E-state index contributed by atoms with van der Waals surface area (Å²) in [5.41, 5.74) is 3.11. The Labute approximate surface area is 190 Å². The molecule has 6 nitrogen and oxygen atoms in total. The normalized spacial score (nSPS) is 13.9. The van der Waals surface area contributed by atoms with Gasteiger partial charge in [-0.15, -0.1) is 0 Å². The van der Waals surface area contributed by atoms with Gasteiger partial charge in [0.15, 0.2) is 9.84 Å². The summed E-state index contributed by atoms with van der Waals surface area (Å²) in [6.45, 7) is 2.98. The fourth-order valence-electron chi connectivity index (χ4n) is 3.85. The maximum absolute atomic E-state index is 13.9. The second-order valence-electron chi connectivity index (χ2n) is 7.95. The molecule has 2 amide bonds. The molecule has 0 spiro atoms. The molecule has 33 heavy (non-hydrogen) atoms. The molecule has 9 heteroatoms. The van der Waals surface area contributed by atoms with Crippen LogP contribution >= 0.6 is 0 Å². The Hall–Kier alpha value is -3.30. The van der Waals surface area contributed by atoms with Gasteiger partial charge >= 0.3 is 6.03 Å². The third kappa shape index (κ3) is 5.20. The molecule has 1 aliphatic rings. The molecule has 1 heterocycles. The van der Waals surface area contributed by atoms with Crippen LogP contribution in [0.2, 0.25) is 0 Å². The maximum Gasteiger partial charge on any atom is 0.319 e. The highest BCUT2D eigenvalue weighted by Gasteiger charge is 2.19. The first kappa shape index (κ1) is 22.9. The number of benzene rings is 3. The van der Waals surface area contributed by atoms with Gasteiger partial charge in [-0.2, -0.15) is 0 Å². The molecule has 0 aromatic heterocycles. The van der Waals surface area contributed by atoms with Crippen molar-refractivity contribution < 1.29 is 22.0 Å². The minimum Gasteiger partial charge on any atom is -0.331 e. The summed E-state index contributed by atoms with van der Waals surface area (Å²) in [5.74, 6) is -1.63. The molecule has 0 saturated heterocycles. The minimum atomic E-state index is -3.57. The summed E-state index contributed by atoms with van der Waals surface area (Å²) in [6, 6.07) is 13.3. The minimum absolute atomic E-state index is 0.126. The number of carbonyl (C=O) groups is 1. The van der Waals surface area contributed by atoms with Crippen LogP contribution in [0.3, 0.4) is 0 Å². The number of anilines is 1. The zero-order chi connectivity index (χ0) is 23.6. The number of urea groups is 1. The molecule has 0 saturated carbocycles. The van der Waals surface area contributed by atoms with E-state index in [1.54, 1.807) is 0 Å². The Balaban J connectivity index is 1.40. The van der Waals surface area contributed by atoms with E-state index in [0.29, 0.717) is 11.3 Å². The summed E-state index contributed by atoms with van der Waals surface area (Å²) in [4.78, 5) is 12.4. The van der Waals surface area contributed by atoms with E-state index in [0.717, 1.165) is 30.8 Å². The second kappa shape index (κ2) is 9.29. The van der Waals surface area contributed by atoms with E-state index in [2.05, 4.69) is 16.0 Å². The molecule has 1 aliphatic heterocycles. The lowest BCUT2D eigenvalue weighted by Gasteiger charge is -2.16. The summed E-state index contributed by atoms with van der Waals surface area (Å²) in [7, 11) is -3.57. The predicted octanol–water partition coefficient (Wildman–Crippen LogP) is 4.42. The summed E-state index contributed by atoms with van der Waals surface area (Å²) >= 11 is 0. The van der Waals surface area contributed by atoms with Crippen molar-refractivity contribution in [1.82, 2.24) is 10.6 Å². The Morgan fingerprint density at radius 1 is 1.00 bits per heavy atom. The molecule has 3 aromatic rings. The van der Waals surface area contributed by atoms with Gasteiger partial charge in [-0.1, -0.05) is 24.3 Å². The SMILES string of the molecule is CC(NC(=O)Nc1ccc(S(=O)(=O)Cc2ccc3c(c2)CNC3)cc1)c1c(F)cccc1F. The van der Waals surface area contributed by atoms with Gasteiger partial charge in [0.1, 0.15) is 11.6 Å². The van der Waals surface area contributed by atoms with E-state index in [-0.39, 0.29) is 16.2 Å². The van der Waals surface area contributed by atoms with Gasteiger partial charge in [0.2, 0.25) is 0 Å². The van der Waals surface area contributed by atoms with Crippen molar-refractivity contribution in [2.45, 2.75) is 36.7 Å². The zero-order valence-corrected chi connectivity index (χ0v) is 18.7. The number of rotatable bonds is 6. The Kier molecular flexibility index (Phi) is 6.44. The quantitative estimate of drug-likeness (QED) is 0.497. The summed E-state index contributed by atoms with van der Waals surface area (Å²) < 4.78 is 53.4. The molecule has 0 bridgehead atoms. The third-order valence-electron chi connectivity index (χ3n) is 5.51. The van der Waals surface area contributed by atoms with E-state index in [9.17, 15) is 22.0 Å². The first-order chi connectivity index (χ1) is 15.7. The van der Waals surface area contributed by atoms with Crippen molar-refractivity contribution in [3.05, 3.63) is 94.6 Å². The summed E-state index contributed by atoms with van der Waals surface area (Å²) in [5, 5.41) is 8.24. The standard InChI is InChI=1S/C24H23F2N3O3S/c1-15(23-21(25)3-2-4-22(23)26)28-24(30)29-19-7-9-20(10-8-19)33(31,32)14-16-5-6-17-12-27-13-18(17)11-16/h2-11,15,27H,12-14H2,1H3,(H2,28,29,30). The van der Waals surface area contributed by atoms with Gasteiger partial charge in [0.25, 0.3) is 0 Å². The fraction of sp³-hybridized carbons (Fsp3) is 0.208.